The van der Waals surface area contributed by atoms with Crippen LogP contribution in [0.1, 0.15) is 5.56 Å². The smallest absolute Gasteiger partial charge is 0.395 e. The second kappa shape index (κ2) is 9.94. The zero-order valence-corrected chi connectivity index (χ0v) is 16.7. The summed E-state index contributed by atoms with van der Waals surface area (Å²) in [6.45, 7) is 0.626. The summed E-state index contributed by atoms with van der Waals surface area (Å²) in [5.74, 6) is 0. The van der Waals surface area contributed by atoms with Crippen LogP contribution in [-0.4, -0.2) is 25.3 Å². The van der Waals surface area contributed by atoms with Gasteiger partial charge < -0.3 is 10.0 Å². The molecule has 1 N–H and O–H groups in total. The average Bonchev–Trinajstić information content (AvgIpc) is 2.77. The molecule has 0 unspecified atom stereocenters. The molecule has 31 heavy (non-hydrogen) atoms. The van der Waals surface area contributed by atoms with Crippen LogP contribution in [0.25, 0.3) is 0 Å². The summed E-state index contributed by atoms with van der Waals surface area (Å²) in [5, 5.41) is 25.3. The SMILES string of the molecule is CN(CCO)c1ccc(N=Nc2ccc(N=Nc3ccc(C(F)(F)F)cc3)cc2)cc1. The first-order chi connectivity index (χ1) is 14.8. The number of alkyl halides is 3. The summed E-state index contributed by atoms with van der Waals surface area (Å²) in [6.07, 6.45) is -4.38. The maximum atomic E-state index is 12.6. The fourth-order valence-electron chi connectivity index (χ4n) is 2.59. The van der Waals surface area contributed by atoms with E-state index in [-0.39, 0.29) is 6.61 Å². The number of rotatable bonds is 7. The molecule has 0 heterocycles. The Kier molecular flexibility index (Phi) is 7.09. The largest absolute Gasteiger partial charge is 0.416 e. The molecule has 0 amide bonds. The Balaban J connectivity index is 1.60. The van der Waals surface area contributed by atoms with Gasteiger partial charge in [-0.05, 0) is 72.8 Å². The van der Waals surface area contributed by atoms with Crippen molar-refractivity contribution in [2.45, 2.75) is 6.18 Å². The third-order valence-corrected chi connectivity index (χ3v) is 4.33. The van der Waals surface area contributed by atoms with Gasteiger partial charge in [-0.1, -0.05) is 0 Å². The predicted octanol–water partition coefficient (Wildman–Crippen LogP) is 6.96. The van der Waals surface area contributed by atoms with Crippen LogP contribution in [0.2, 0.25) is 0 Å². The molecular weight excluding hydrogens is 407 g/mol. The second-order valence-electron chi connectivity index (χ2n) is 6.62. The van der Waals surface area contributed by atoms with Crippen molar-refractivity contribution >= 4 is 28.4 Å². The maximum Gasteiger partial charge on any atom is 0.416 e. The first-order valence-corrected chi connectivity index (χ1v) is 9.38. The average molecular weight is 427 g/mol. The van der Waals surface area contributed by atoms with Crippen LogP contribution < -0.4 is 4.90 Å². The molecule has 9 heteroatoms. The molecule has 6 nitrogen and oxygen atoms in total. The summed E-state index contributed by atoms with van der Waals surface area (Å²) >= 11 is 0. The number of anilines is 1. The monoisotopic (exact) mass is 427 g/mol. The minimum Gasteiger partial charge on any atom is -0.395 e. The normalized spacial score (nSPS) is 12.0. The van der Waals surface area contributed by atoms with Gasteiger partial charge in [-0.2, -0.15) is 33.6 Å². The van der Waals surface area contributed by atoms with Crippen molar-refractivity contribution in [3.8, 4) is 0 Å². The van der Waals surface area contributed by atoms with Crippen LogP contribution in [0, 0.1) is 0 Å². The van der Waals surface area contributed by atoms with Gasteiger partial charge in [0.25, 0.3) is 0 Å². The van der Waals surface area contributed by atoms with E-state index in [9.17, 15) is 13.2 Å². The molecule has 0 saturated heterocycles. The minimum absolute atomic E-state index is 0.0812. The van der Waals surface area contributed by atoms with E-state index in [0.29, 0.717) is 29.3 Å². The highest BCUT2D eigenvalue weighted by atomic mass is 19.4. The number of hydrogen-bond acceptors (Lipinski definition) is 6. The zero-order valence-electron chi connectivity index (χ0n) is 16.7. The van der Waals surface area contributed by atoms with Gasteiger partial charge >= 0.3 is 6.18 Å². The lowest BCUT2D eigenvalue weighted by molar-refractivity contribution is -0.137. The van der Waals surface area contributed by atoms with E-state index in [4.69, 9.17) is 5.11 Å². The first-order valence-electron chi connectivity index (χ1n) is 9.38. The number of benzene rings is 3. The van der Waals surface area contributed by atoms with Crippen molar-refractivity contribution in [2.24, 2.45) is 20.5 Å². The number of halogens is 3. The molecule has 3 rings (SSSR count). The quantitative estimate of drug-likeness (QED) is 0.414. The molecule has 0 radical (unpaired) electrons. The van der Waals surface area contributed by atoms with E-state index in [1.165, 1.54) is 12.1 Å². The van der Waals surface area contributed by atoms with Crippen LogP contribution in [-0.2, 0) is 6.18 Å². The fourth-order valence-corrected chi connectivity index (χ4v) is 2.59. The lowest BCUT2D eigenvalue weighted by Gasteiger charge is -2.17. The van der Waals surface area contributed by atoms with E-state index in [1.54, 1.807) is 24.3 Å². The molecule has 0 aromatic heterocycles. The number of hydrogen-bond donors (Lipinski definition) is 1. The summed E-state index contributed by atoms with van der Waals surface area (Å²) in [4.78, 5) is 1.93. The summed E-state index contributed by atoms with van der Waals surface area (Å²) in [5.41, 5.74) is 2.41. The molecule has 0 spiro atoms. The summed E-state index contributed by atoms with van der Waals surface area (Å²) < 4.78 is 37.7. The Morgan fingerprint density at radius 1 is 0.677 bits per heavy atom. The standard InChI is InChI=1S/C22H20F3N5O/c1-30(14-15-31)21-12-10-20(11-13-21)29-28-19-8-6-18(7-9-19)27-26-17-4-2-16(3-5-17)22(23,24)25/h2-13,31H,14-15H2,1H3. The van der Waals surface area contributed by atoms with Gasteiger partial charge in [0, 0.05) is 19.3 Å². The van der Waals surface area contributed by atoms with Crippen molar-refractivity contribution in [1.82, 2.24) is 0 Å². The van der Waals surface area contributed by atoms with Gasteiger partial charge in [-0.3, -0.25) is 0 Å². The first kappa shape index (κ1) is 22.1. The van der Waals surface area contributed by atoms with E-state index in [2.05, 4.69) is 20.5 Å². The third-order valence-electron chi connectivity index (χ3n) is 4.33. The van der Waals surface area contributed by atoms with Crippen molar-refractivity contribution < 1.29 is 18.3 Å². The van der Waals surface area contributed by atoms with Gasteiger partial charge in [0.05, 0.1) is 34.9 Å². The van der Waals surface area contributed by atoms with E-state index in [1.807, 2.05) is 36.2 Å². The highest BCUT2D eigenvalue weighted by Gasteiger charge is 2.29. The van der Waals surface area contributed by atoms with Gasteiger partial charge in [0.1, 0.15) is 0 Å². The Bertz CT molecular complexity index is 1030. The van der Waals surface area contributed by atoms with E-state index >= 15 is 0 Å². The summed E-state index contributed by atoms with van der Waals surface area (Å²) in [6, 6.07) is 18.7. The number of nitrogens with zero attached hydrogens (tertiary/aromatic N) is 5. The van der Waals surface area contributed by atoms with Crippen LogP contribution in [0.4, 0.5) is 41.6 Å². The van der Waals surface area contributed by atoms with Gasteiger partial charge in [-0.15, -0.1) is 0 Å². The van der Waals surface area contributed by atoms with Crippen LogP contribution >= 0.6 is 0 Å². The highest BCUT2D eigenvalue weighted by molar-refractivity contribution is 5.53. The van der Waals surface area contributed by atoms with E-state index < -0.39 is 11.7 Å². The topological polar surface area (TPSA) is 72.9 Å². The molecule has 0 aliphatic heterocycles. The molecule has 0 bridgehead atoms. The Hall–Kier alpha value is -3.59. The molecule has 0 aliphatic carbocycles. The van der Waals surface area contributed by atoms with Crippen molar-refractivity contribution in [3.05, 3.63) is 78.4 Å². The van der Waals surface area contributed by atoms with Crippen molar-refractivity contribution in [3.63, 3.8) is 0 Å². The maximum absolute atomic E-state index is 12.6. The number of aliphatic hydroxyl groups is 1. The molecule has 3 aromatic rings. The van der Waals surface area contributed by atoms with Gasteiger partial charge in [0.15, 0.2) is 0 Å². The molecule has 0 atom stereocenters. The van der Waals surface area contributed by atoms with E-state index in [0.717, 1.165) is 17.8 Å². The molecule has 0 aliphatic rings. The molecule has 0 saturated carbocycles. The molecule has 160 valence electrons. The second-order valence-corrected chi connectivity index (χ2v) is 6.62. The fraction of sp³-hybridized carbons (Fsp3) is 0.182. The zero-order chi connectivity index (χ0) is 22.3. The molecular formula is C22H20F3N5O. The number of likely N-dealkylation sites (N-methyl/N-ethyl adjacent to an activating group) is 1. The minimum atomic E-state index is -4.38. The summed E-state index contributed by atoms with van der Waals surface area (Å²) in [7, 11) is 1.89. The predicted molar refractivity (Wildman–Crippen MR) is 113 cm³/mol. The molecule has 3 aromatic carbocycles. The highest BCUT2D eigenvalue weighted by Crippen LogP contribution is 2.31. The van der Waals surface area contributed by atoms with Gasteiger partial charge in [-0.25, -0.2) is 0 Å². The van der Waals surface area contributed by atoms with Crippen LogP contribution in [0.3, 0.4) is 0 Å². The van der Waals surface area contributed by atoms with Gasteiger partial charge in [0.2, 0.25) is 0 Å². The van der Waals surface area contributed by atoms with Crippen LogP contribution in [0.5, 0.6) is 0 Å². The van der Waals surface area contributed by atoms with Crippen molar-refractivity contribution in [2.75, 3.05) is 25.1 Å². The number of azo groups is 2. The Labute approximate surface area is 177 Å². The Morgan fingerprint density at radius 2 is 1.03 bits per heavy atom. The third kappa shape index (κ3) is 6.45. The van der Waals surface area contributed by atoms with Crippen LogP contribution in [0.15, 0.2) is 93.3 Å². The van der Waals surface area contributed by atoms with Crippen molar-refractivity contribution in [1.29, 1.82) is 0 Å². The lowest BCUT2D eigenvalue weighted by Crippen LogP contribution is -2.20. The molecule has 0 fully saturated rings. The number of aliphatic hydroxyl groups excluding tert-OH is 1. The Morgan fingerprint density at radius 3 is 1.39 bits per heavy atom. The lowest BCUT2D eigenvalue weighted by atomic mass is 10.2.